The first-order chi connectivity index (χ1) is 14.4. The van der Waals surface area contributed by atoms with Crippen molar-refractivity contribution < 1.29 is 4.74 Å². The van der Waals surface area contributed by atoms with E-state index < -0.39 is 0 Å². The van der Waals surface area contributed by atoms with E-state index >= 15 is 0 Å². The van der Waals surface area contributed by atoms with Crippen LogP contribution in [0.25, 0.3) is 22.3 Å². The average Bonchev–Trinajstić information content (AvgIpc) is 2.80. The summed E-state index contributed by atoms with van der Waals surface area (Å²) in [6.45, 7) is 3.76. The molecule has 2 aromatic heterocycles. The average molecular weight is 390 g/mol. The van der Waals surface area contributed by atoms with Crippen LogP contribution < -0.4 is 10.2 Å². The van der Waals surface area contributed by atoms with Crippen molar-refractivity contribution >= 4 is 16.7 Å². The molecule has 0 bridgehead atoms. The number of benzene rings is 1. The number of ether oxygens (including phenoxy) is 1. The lowest BCUT2D eigenvalue weighted by Gasteiger charge is -2.36. The molecule has 0 spiro atoms. The van der Waals surface area contributed by atoms with Crippen molar-refractivity contribution in [1.29, 1.82) is 0 Å². The molecule has 0 unspecified atom stereocenters. The molecule has 0 aliphatic carbocycles. The summed E-state index contributed by atoms with van der Waals surface area (Å²) in [5, 5.41) is 4.97. The number of nitrogens with zero attached hydrogens (tertiary/aromatic N) is 4. The zero-order chi connectivity index (χ0) is 19.5. The van der Waals surface area contributed by atoms with Gasteiger partial charge in [-0.2, -0.15) is 0 Å². The van der Waals surface area contributed by atoms with Crippen LogP contribution in [0.4, 0.5) is 5.82 Å². The number of hydrogen-bond donors (Lipinski definition) is 1. The number of fused-ring (bicyclic) bond motifs is 1. The van der Waals surface area contributed by atoms with Gasteiger partial charge in [-0.1, -0.05) is 18.2 Å². The van der Waals surface area contributed by atoms with Gasteiger partial charge in [0.1, 0.15) is 5.82 Å². The molecule has 0 atom stereocenters. The van der Waals surface area contributed by atoms with Gasteiger partial charge in [0.2, 0.25) is 0 Å². The summed E-state index contributed by atoms with van der Waals surface area (Å²) >= 11 is 0. The van der Waals surface area contributed by atoms with Gasteiger partial charge in [-0.25, -0.2) is 15.0 Å². The summed E-state index contributed by atoms with van der Waals surface area (Å²) in [5.41, 5.74) is 2.03. The van der Waals surface area contributed by atoms with E-state index in [4.69, 9.17) is 9.72 Å². The standard InChI is InChI=1S/C23H27N5O/c1-2-5-21-17(4-1)16-20(22-24-10-3-11-25-22)23(27-21)28-12-6-18(7-13-28)26-19-8-14-29-15-9-19/h1-5,10-11,16,18-19,26H,6-9,12-15H2. The maximum atomic E-state index is 5.49. The second kappa shape index (κ2) is 8.43. The number of pyridine rings is 1. The molecule has 5 rings (SSSR count). The third kappa shape index (κ3) is 4.09. The van der Waals surface area contributed by atoms with E-state index in [-0.39, 0.29) is 0 Å². The molecule has 2 saturated heterocycles. The predicted octanol–water partition coefficient (Wildman–Crippen LogP) is 3.43. The van der Waals surface area contributed by atoms with Gasteiger partial charge in [0, 0.05) is 56.2 Å². The SMILES string of the molecule is c1cnc(-c2cc3ccccc3nc2N2CCC(NC3CCOCC3)CC2)nc1. The highest BCUT2D eigenvalue weighted by molar-refractivity contribution is 5.88. The van der Waals surface area contributed by atoms with Crippen molar-refractivity contribution in [3.8, 4) is 11.4 Å². The fourth-order valence-corrected chi connectivity index (χ4v) is 4.41. The van der Waals surface area contributed by atoms with Crippen LogP contribution in [-0.4, -0.2) is 53.3 Å². The predicted molar refractivity (Wildman–Crippen MR) is 115 cm³/mol. The van der Waals surface area contributed by atoms with Crippen LogP contribution in [0.1, 0.15) is 25.7 Å². The molecule has 2 aliphatic heterocycles. The van der Waals surface area contributed by atoms with Crippen LogP contribution in [0.15, 0.2) is 48.8 Å². The highest BCUT2D eigenvalue weighted by Crippen LogP contribution is 2.32. The van der Waals surface area contributed by atoms with Crippen molar-refractivity contribution in [2.45, 2.75) is 37.8 Å². The zero-order valence-electron chi connectivity index (χ0n) is 16.6. The van der Waals surface area contributed by atoms with Crippen LogP contribution in [0.3, 0.4) is 0 Å². The van der Waals surface area contributed by atoms with Crippen molar-refractivity contribution in [2.75, 3.05) is 31.2 Å². The molecule has 29 heavy (non-hydrogen) atoms. The summed E-state index contributed by atoms with van der Waals surface area (Å²) in [5.74, 6) is 1.74. The van der Waals surface area contributed by atoms with Crippen LogP contribution in [0.2, 0.25) is 0 Å². The Kier molecular flexibility index (Phi) is 5.37. The zero-order valence-corrected chi connectivity index (χ0v) is 16.6. The lowest BCUT2D eigenvalue weighted by molar-refractivity contribution is 0.0738. The topological polar surface area (TPSA) is 63.2 Å². The van der Waals surface area contributed by atoms with Crippen LogP contribution in [-0.2, 0) is 4.74 Å². The molecule has 1 N–H and O–H groups in total. The molecule has 2 fully saturated rings. The number of hydrogen-bond acceptors (Lipinski definition) is 6. The Morgan fingerprint density at radius 1 is 0.897 bits per heavy atom. The van der Waals surface area contributed by atoms with Crippen molar-refractivity contribution in [1.82, 2.24) is 20.3 Å². The maximum absolute atomic E-state index is 5.49. The molecule has 150 valence electrons. The Balaban J connectivity index is 1.38. The Morgan fingerprint density at radius 2 is 1.62 bits per heavy atom. The first kappa shape index (κ1) is 18.5. The first-order valence-corrected chi connectivity index (χ1v) is 10.6. The van der Waals surface area contributed by atoms with Gasteiger partial charge in [0.25, 0.3) is 0 Å². The largest absolute Gasteiger partial charge is 0.381 e. The van der Waals surface area contributed by atoms with Gasteiger partial charge < -0.3 is 15.0 Å². The molecule has 0 radical (unpaired) electrons. The van der Waals surface area contributed by atoms with Gasteiger partial charge in [-0.3, -0.25) is 0 Å². The molecular weight excluding hydrogens is 362 g/mol. The Hall–Kier alpha value is -2.57. The number of para-hydroxylation sites is 1. The van der Waals surface area contributed by atoms with Gasteiger partial charge in [0.05, 0.1) is 11.1 Å². The molecule has 0 amide bonds. The summed E-state index contributed by atoms with van der Waals surface area (Å²) in [4.78, 5) is 16.4. The number of aromatic nitrogens is 3. The summed E-state index contributed by atoms with van der Waals surface area (Å²) in [7, 11) is 0. The van der Waals surface area contributed by atoms with Crippen molar-refractivity contribution in [3.63, 3.8) is 0 Å². The number of rotatable bonds is 4. The Bertz CT molecular complexity index is 950. The molecule has 6 heteroatoms. The van der Waals surface area contributed by atoms with E-state index in [1.54, 1.807) is 12.4 Å². The third-order valence-electron chi connectivity index (χ3n) is 6.00. The molecule has 1 aromatic carbocycles. The molecule has 0 saturated carbocycles. The normalized spacial score (nSPS) is 19.0. The minimum absolute atomic E-state index is 0.575. The van der Waals surface area contributed by atoms with E-state index in [1.165, 1.54) is 0 Å². The highest BCUT2D eigenvalue weighted by Gasteiger charge is 2.25. The smallest absolute Gasteiger partial charge is 0.162 e. The first-order valence-electron chi connectivity index (χ1n) is 10.6. The monoisotopic (exact) mass is 389 g/mol. The van der Waals surface area contributed by atoms with E-state index in [1.807, 2.05) is 18.2 Å². The minimum atomic E-state index is 0.575. The van der Waals surface area contributed by atoms with E-state index in [2.05, 4.69) is 38.4 Å². The quantitative estimate of drug-likeness (QED) is 0.738. The van der Waals surface area contributed by atoms with Crippen LogP contribution in [0, 0.1) is 0 Å². The van der Waals surface area contributed by atoms with E-state index in [9.17, 15) is 0 Å². The van der Waals surface area contributed by atoms with Gasteiger partial charge >= 0.3 is 0 Å². The van der Waals surface area contributed by atoms with E-state index in [0.29, 0.717) is 12.1 Å². The highest BCUT2D eigenvalue weighted by atomic mass is 16.5. The van der Waals surface area contributed by atoms with Gasteiger partial charge in [-0.15, -0.1) is 0 Å². The molecule has 3 aromatic rings. The van der Waals surface area contributed by atoms with Gasteiger partial charge in [0.15, 0.2) is 5.82 Å². The summed E-state index contributed by atoms with van der Waals surface area (Å²) < 4.78 is 5.49. The minimum Gasteiger partial charge on any atom is -0.381 e. The van der Waals surface area contributed by atoms with Crippen molar-refractivity contribution in [2.24, 2.45) is 0 Å². The molecule has 4 heterocycles. The second-order valence-corrected chi connectivity index (χ2v) is 7.94. The maximum Gasteiger partial charge on any atom is 0.162 e. The van der Waals surface area contributed by atoms with Crippen LogP contribution in [0.5, 0.6) is 0 Å². The fourth-order valence-electron chi connectivity index (χ4n) is 4.41. The number of anilines is 1. The molecular formula is C23H27N5O. The third-order valence-corrected chi connectivity index (χ3v) is 6.00. The summed E-state index contributed by atoms with van der Waals surface area (Å²) in [6, 6.07) is 13.5. The lowest BCUT2D eigenvalue weighted by Crippen LogP contribution is -2.48. The molecule has 6 nitrogen and oxygen atoms in total. The fraction of sp³-hybridized carbons (Fsp3) is 0.435. The Labute approximate surface area is 171 Å². The second-order valence-electron chi connectivity index (χ2n) is 7.94. The number of nitrogens with one attached hydrogen (secondary N) is 1. The van der Waals surface area contributed by atoms with Crippen LogP contribution >= 0.6 is 0 Å². The summed E-state index contributed by atoms with van der Waals surface area (Å²) in [6.07, 6.45) is 8.10. The van der Waals surface area contributed by atoms with Gasteiger partial charge in [-0.05, 0) is 43.9 Å². The van der Waals surface area contributed by atoms with E-state index in [0.717, 1.165) is 80.1 Å². The lowest BCUT2D eigenvalue weighted by atomic mass is 10.0. The molecule has 2 aliphatic rings. The van der Waals surface area contributed by atoms with Crippen molar-refractivity contribution in [3.05, 3.63) is 48.8 Å². The number of piperidine rings is 1. The Morgan fingerprint density at radius 3 is 2.41 bits per heavy atom.